The zero-order chi connectivity index (χ0) is 13.2. The smallest absolute Gasteiger partial charge is 0.0237 e. The molecule has 104 valence electrons. The highest BCUT2D eigenvalue weighted by Gasteiger charge is 2.22. The van der Waals surface area contributed by atoms with Gasteiger partial charge in [0.25, 0.3) is 0 Å². The van der Waals surface area contributed by atoms with E-state index in [1.807, 2.05) is 0 Å². The lowest BCUT2D eigenvalue weighted by Gasteiger charge is -2.31. The standard InChI is InChI=1S/C16H23IN2/c1-13-3-2-7-19(13)10-9-18-8-6-14-11-16(17)5-4-15(14)12-18/h4-5,11,13H,2-3,6-10,12H2,1H3/t13-/m1/s1. The fraction of sp³-hybridized carbons (Fsp3) is 0.625. The summed E-state index contributed by atoms with van der Waals surface area (Å²) in [6, 6.07) is 7.72. The highest BCUT2D eigenvalue weighted by Crippen LogP contribution is 2.22. The second-order valence-corrected chi connectivity index (χ2v) is 7.21. The number of benzene rings is 1. The molecular weight excluding hydrogens is 347 g/mol. The topological polar surface area (TPSA) is 6.48 Å². The quantitative estimate of drug-likeness (QED) is 0.755. The lowest BCUT2D eigenvalue weighted by molar-refractivity contribution is 0.189. The van der Waals surface area contributed by atoms with Gasteiger partial charge in [-0.1, -0.05) is 6.07 Å². The average molecular weight is 370 g/mol. The minimum Gasteiger partial charge on any atom is -0.299 e. The van der Waals surface area contributed by atoms with E-state index in [2.05, 4.69) is 57.5 Å². The van der Waals surface area contributed by atoms with Crippen molar-refractivity contribution in [3.8, 4) is 0 Å². The van der Waals surface area contributed by atoms with Crippen LogP contribution in [0.3, 0.4) is 0 Å². The molecule has 0 amide bonds. The number of nitrogens with zero attached hydrogens (tertiary/aromatic N) is 2. The number of likely N-dealkylation sites (tertiary alicyclic amines) is 1. The molecule has 0 aliphatic carbocycles. The van der Waals surface area contributed by atoms with Crippen LogP contribution in [0, 0.1) is 3.57 Å². The van der Waals surface area contributed by atoms with Gasteiger partial charge in [0.05, 0.1) is 0 Å². The monoisotopic (exact) mass is 370 g/mol. The van der Waals surface area contributed by atoms with Crippen LogP contribution in [-0.2, 0) is 13.0 Å². The first kappa shape index (κ1) is 13.8. The van der Waals surface area contributed by atoms with Crippen molar-refractivity contribution in [3.63, 3.8) is 0 Å². The molecule has 0 N–H and O–H groups in total. The average Bonchev–Trinajstić information content (AvgIpc) is 2.82. The van der Waals surface area contributed by atoms with E-state index < -0.39 is 0 Å². The van der Waals surface area contributed by atoms with Gasteiger partial charge in [-0.15, -0.1) is 0 Å². The zero-order valence-electron chi connectivity index (χ0n) is 11.7. The molecule has 0 bridgehead atoms. The maximum absolute atomic E-state index is 2.66. The molecule has 2 aliphatic rings. The second-order valence-electron chi connectivity index (χ2n) is 5.97. The summed E-state index contributed by atoms with van der Waals surface area (Å²) < 4.78 is 1.37. The Morgan fingerprint density at radius 1 is 1.21 bits per heavy atom. The van der Waals surface area contributed by atoms with Crippen LogP contribution >= 0.6 is 22.6 Å². The van der Waals surface area contributed by atoms with E-state index >= 15 is 0 Å². The van der Waals surface area contributed by atoms with E-state index in [1.54, 1.807) is 11.1 Å². The van der Waals surface area contributed by atoms with Crippen LogP contribution in [0.5, 0.6) is 0 Å². The predicted octanol–water partition coefficient (Wildman–Crippen LogP) is 3.13. The van der Waals surface area contributed by atoms with Gasteiger partial charge in [-0.25, -0.2) is 0 Å². The van der Waals surface area contributed by atoms with Gasteiger partial charge in [0, 0.05) is 35.8 Å². The van der Waals surface area contributed by atoms with Crippen LogP contribution in [0.15, 0.2) is 18.2 Å². The summed E-state index contributed by atoms with van der Waals surface area (Å²) in [6.07, 6.45) is 4.01. The number of hydrogen-bond donors (Lipinski definition) is 0. The Labute approximate surface area is 130 Å². The summed E-state index contributed by atoms with van der Waals surface area (Å²) in [5.74, 6) is 0. The molecule has 0 unspecified atom stereocenters. The molecule has 3 rings (SSSR count). The van der Waals surface area contributed by atoms with Gasteiger partial charge in [-0.3, -0.25) is 9.80 Å². The molecule has 2 nitrogen and oxygen atoms in total. The third kappa shape index (κ3) is 3.31. The van der Waals surface area contributed by atoms with Gasteiger partial charge >= 0.3 is 0 Å². The van der Waals surface area contributed by atoms with E-state index in [9.17, 15) is 0 Å². The fourth-order valence-corrected chi connectivity index (χ4v) is 3.92. The summed E-state index contributed by atoms with van der Waals surface area (Å²) in [4.78, 5) is 5.28. The molecule has 0 aromatic heterocycles. The molecular formula is C16H23IN2. The van der Waals surface area contributed by atoms with Crippen LogP contribution in [0.2, 0.25) is 0 Å². The molecule has 1 aromatic carbocycles. The highest BCUT2D eigenvalue weighted by molar-refractivity contribution is 14.1. The Balaban J connectivity index is 1.55. The summed E-state index contributed by atoms with van der Waals surface area (Å²) >= 11 is 2.42. The first-order valence-electron chi connectivity index (χ1n) is 7.46. The molecule has 0 radical (unpaired) electrons. The number of hydrogen-bond acceptors (Lipinski definition) is 2. The summed E-state index contributed by atoms with van der Waals surface area (Å²) in [5, 5.41) is 0. The van der Waals surface area contributed by atoms with Gasteiger partial charge < -0.3 is 0 Å². The molecule has 3 heteroatoms. The van der Waals surface area contributed by atoms with Crippen LogP contribution in [0.25, 0.3) is 0 Å². The Kier molecular flexibility index (Phi) is 4.44. The van der Waals surface area contributed by atoms with E-state index in [0.29, 0.717) is 0 Å². The first-order valence-corrected chi connectivity index (χ1v) is 8.54. The summed E-state index contributed by atoms with van der Waals surface area (Å²) in [5.41, 5.74) is 3.11. The Bertz CT molecular complexity index is 446. The predicted molar refractivity (Wildman–Crippen MR) is 88.4 cm³/mol. The van der Waals surface area contributed by atoms with Crippen LogP contribution < -0.4 is 0 Å². The molecule has 1 fully saturated rings. The van der Waals surface area contributed by atoms with Crippen LogP contribution in [0.4, 0.5) is 0 Å². The maximum atomic E-state index is 2.66. The lowest BCUT2D eigenvalue weighted by atomic mass is 10.00. The molecule has 2 aliphatic heterocycles. The minimum absolute atomic E-state index is 0.804. The minimum atomic E-state index is 0.804. The summed E-state index contributed by atoms with van der Waals surface area (Å²) in [7, 11) is 0. The SMILES string of the molecule is C[C@@H]1CCCN1CCN1CCc2cc(I)ccc2C1. The zero-order valence-corrected chi connectivity index (χ0v) is 13.9. The second kappa shape index (κ2) is 6.10. The van der Waals surface area contributed by atoms with Crippen molar-refractivity contribution in [3.05, 3.63) is 32.9 Å². The molecule has 1 aromatic rings. The molecule has 0 saturated carbocycles. The van der Waals surface area contributed by atoms with E-state index in [-0.39, 0.29) is 0 Å². The first-order chi connectivity index (χ1) is 9.22. The van der Waals surface area contributed by atoms with Crippen molar-refractivity contribution in [2.45, 2.75) is 38.8 Å². The molecule has 2 heterocycles. The molecule has 1 atom stereocenters. The Morgan fingerprint density at radius 3 is 2.89 bits per heavy atom. The van der Waals surface area contributed by atoms with Gasteiger partial charge in [0.1, 0.15) is 0 Å². The number of rotatable bonds is 3. The van der Waals surface area contributed by atoms with E-state index in [0.717, 1.165) is 12.6 Å². The van der Waals surface area contributed by atoms with Gasteiger partial charge in [-0.05, 0) is 78.6 Å². The maximum Gasteiger partial charge on any atom is 0.0237 e. The summed E-state index contributed by atoms with van der Waals surface area (Å²) in [6.45, 7) is 8.55. The lowest BCUT2D eigenvalue weighted by Crippen LogP contribution is -2.39. The molecule has 19 heavy (non-hydrogen) atoms. The van der Waals surface area contributed by atoms with E-state index in [1.165, 1.54) is 49.0 Å². The number of halogens is 1. The molecule has 0 spiro atoms. The highest BCUT2D eigenvalue weighted by atomic mass is 127. The van der Waals surface area contributed by atoms with Gasteiger partial charge in [-0.2, -0.15) is 0 Å². The largest absolute Gasteiger partial charge is 0.299 e. The normalized spacial score (nSPS) is 24.6. The van der Waals surface area contributed by atoms with Crippen molar-refractivity contribution in [2.24, 2.45) is 0 Å². The Hall–Kier alpha value is -0.130. The van der Waals surface area contributed by atoms with Crippen molar-refractivity contribution >= 4 is 22.6 Å². The van der Waals surface area contributed by atoms with Gasteiger partial charge in [0.2, 0.25) is 0 Å². The van der Waals surface area contributed by atoms with Gasteiger partial charge in [0.15, 0.2) is 0 Å². The van der Waals surface area contributed by atoms with Crippen molar-refractivity contribution in [2.75, 3.05) is 26.2 Å². The van der Waals surface area contributed by atoms with Crippen LogP contribution in [-0.4, -0.2) is 42.0 Å². The van der Waals surface area contributed by atoms with Crippen molar-refractivity contribution < 1.29 is 0 Å². The Morgan fingerprint density at radius 2 is 2.11 bits per heavy atom. The fourth-order valence-electron chi connectivity index (χ4n) is 3.37. The third-order valence-corrected chi connectivity index (χ3v) is 5.32. The third-order valence-electron chi connectivity index (χ3n) is 4.65. The van der Waals surface area contributed by atoms with Crippen molar-refractivity contribution in [1.29, 1.82) is 0 Å². The van der Waals surface area contributed by atoms with Crippen molar-refractivity contribution in [1.82, 2.24) is 9.80 Å². The van der Waals surface area contributed by atoms with Crippen LogP contribution in [0.1, 0.15) is 30.9 Å². The molecule has 1 saturated heterocycles. The number of fused-ring (bicyclic) bond motifs is 1. The van der Waals surface area contributed by atoms with E-state index in [4.69, 9.17) is 0 Å².